The summed E-state index contributed by atoms with van der Waals surface area (Å²) in [6.45, 7) is 3.21. The number of rotatable bonds is 2. The molecule has 2 fully saturated rings. The van der Waals surface area contributed by atoms with Crippen molar-refractivity contribution in [2.75, 3.05) is 26.7 Å². The van der Waals surface area contributed by atoms with Crippen LogP contribution in [0.4, 0.5) is 0 Å². The average molecular weight is 265 g/mol. The Kier molecular flexibility index (Phi) is 3.27. The van der Waals surface area contributed by atoms with Crippen LogP contribution < -0.4 is 0 Å². The molecule has 1 aromatic rings. The zero-order valence-electron chi connectivity index (χ0n) is 10.5. The first-order valence-electron chi connectivity index (χ1n) is 6.35. The molecule has 2 aliphatic heterocycles. The summed E-state index contributed by atoms with van der Waals surface area (Å²) in [5.41, 5.74) is 2.56. The third-order valence-corrected chi connectivity index (χ3v) is 4.27. The van der Waals surface area contributed by atoms with Crippen molar-refractivity contribution in [2.45, 2.75) is 12.3 Å². The predicted octanol–water partition coefficient (Wildman–Crippen LogP) is 2.76. The van der Waals surface area contributed by atoms with Crippen molar-refractivity contribution in [2.24, 2.45) is 11.1 Å². The van der Waals surface area contributed by atoms with E-state index in [1.54, 1.807) is 7.11 Å². The molecule has 3 atom stereocenters. The van der Waals surface area contributed by atoms with E-state index in [2.05, 4.69) is 22.2 Å². The largest absolute Gasteiger partial charge is 0.399 e. The highest BCUT2D eigenvalue weighted by Crippen LogP contribution is 2.38. The van der Waals surface area contributed by atoms with Gasteiger partial charge < -0.3 is 4.84 Å². The number of halogens is 1. The predicted molar refractivity (Wildman–Crippen MR) is 73.2 cm³/mol. The lowest BCUT2D eigenvalue weighted by Crippen LogP contribution is -2.31. The fraction of sp³-hybridized carbons (Fsp3) is 0.500. The first-order valence-corrected chi connectivity index (χ1v) is 6.73. The lowest BCUT2D eigenvalue weighted by Gasteiger charge is -2.30. The van der Waals surface area contributed by atoms with Gasteiger partial charge in [-0.05, 0) is 36.6 Å². The molecule has 0 radical (unpaired) electrons. The molecule has 2 unspecified atom stereocenters. The molecule has 4 heteroatoms. The summed E-state index contributed by atoms with van der Waals surface area (Å²) in [6, 6.07) is 8.24. The Morgan fingerprint density at radius 1 is 1.28 bits per heavy atom. The molecule has 0 spiro atoms. The van der Waals surface area contributed by atoms with Crippen LogP contribution in [0.2, 0.25) is 5.02 Å². The number of benzene rings is 1. The highest BCUT2D eigenvalue weighted by molar-refractivity contribution is 6.30. The fourth-order valence-corrected chi connectivity index (χ4v) is 3.30. The first kappa shape index (κ1) is 12.0. The van der Waals surface area contributed by atoms with Crippen molar-refractivity contribution < 1.29 is 4.84 Å². The molecule has 0 aromatic heterocycles. The van der Waals surface area contributed by atoms with Crippen molar-refractivity contribution in [3.8, 4) is 0 Å². The second-order valence-electron chi connectivity index (χ2n) is 5.05. The maximum Gasteiger partial charge on any atom is 0.106 e. The van der Waals surface area contributed by atoms with Gasteiger partial charge in [-0.2, -0.15) is 0 Å². The maximum atomic E-state index is 5.96. The van der Waals surface area contributed by atoms with Crippen molar-refractivity contribution in [3.05, 3.63) is 34.9 Å². The van der Waals surface area contributed by atoms with Crippen molar-refractivity contribution >= 4 is 17.3 Å². The van der Waals surface area contributed by atoms with Crippen molar-refractivity contribution in [1.29, 1.82) is 0 Å². The van der Waals surface area contributed by atoms with Gasteiger partial charge in [-0.1, -0.05) is 28.9 Å². The minimum Gasteiger partial charge on any atom is -0.399 e. The van der Waals surface area contributed by atoms with Gasteiger partial charge >= 0.3 is 0 Å². The van der Waals surface area contributed by atoms with Crippen LogP contribution in [0.3, 0.4) is 0 Å². The van der Waals surface area contributed by atoms with Gasteiger partial charge in [0.05, 0.1) is 5.71 Å². The number of hydrogen-bond donors (Lipinski definition) is 0. The second-order valence-corrected chi connectivity index (χ2v) is 5.49. The van der Waals surface area contributed by atoms with Crippen LogP contribution >= 0.6 is 11.6 Å². The van der Waals surface area contributed by atoms with Crippen LogP contribution in [0.25, 0.3) is 0 Å². The summed E-state index contributed by atoms with van der Waals surface area (Å²) in [6.07, 6.45) is 1.19. The SMILES string of the molecule is CO/N=C1\CN2CC[C@@H](c3ccc(Cl)cc3)C1C2. The Balaban J connectivity index is 1.88. The number of piperidine rings is 1. The number of oxime groups is 1. The van der Waals surface area contributed by atoms with E-state index in [4.69, 9.17) is 16.4 Å². The Morgan fingerprint density at radius 2 is 2.06 bits per heavy atom. The number of nitrogens with zero attached hydrogens (tertiary/aromatic N) is 2. The van der Waals surface area contributed by atoms with E-state index in [9.17, 15) is 0 Å². The van der Waals surface area contributed by atoms with Gasteiger partial charge in [0, 0.05) is 24.0 Å². The van der Waals surface area contributed by atoms with Crippen LogP contribution in [-0.4, -0.2) is 37.4 Å². The molecule has 2 bridgehead atoms. The van der Waals surface area contributed by atoms with E-state index in [0.29, 0.717) is 11.8 Å². The highest BCUT2D eigenvalue weighted by Gasteiger charge is 2.40. The lowest BCUT2D eigenvalue weighted by molar-refractivity contribution is 0.210. The summed E-state index contributed by atoms with van der Waals surface area (Å²) < 4.78 is 0. The molecular formula is C14H17ClN2O. The standard InChI is InChI=1S/C14H17ClN2O/c1-18-16-14-9-17-7-6-12(13(14)8-17)10-2-4-11(15)5-3-10/h2-5,12-13H,6-9H2,1H3/b16-14+/t12-,13?/m0/s1. The Hall–Kier alpha value is -1.06. The van der Waals surface area contributed by atoms with Gasteiger partial charge in [-0.15, -0.1) is 0 Å². The molecule has 0 N–H and O–H groups in total. The summed E-state index contributed by atoms with van der Waals surface area (Å²) in [5, 5.41) is 5.01. The molecule has 0 saturated carbocycles. The van der Waals surface area contributed by atoms with E-state index in [0.717, 1.165) is 24.7 Å². The Labute approximate surface area is 112 Å². The minimum absolute atomic E-state index is 0.500. The summed E-state index contributed by atoms with van der Waals surface area (Å²) in [7, 11) is 1.63. The average Bonchev–Trinajstić information content (AvgIpc) is 2.69. The quantitative estimate of drug-likeness (QED) is 0.768. The van der Waals surface area contributed by atoms with E-state index >= 15 is 0 Å². The molecule has 96 valence electrons. The van der Waals surface area contributed by atoms with Crippen LogP contribution in [0.5, 0.6) is 0 Å². The third kappa shape index (κ3) is 2.13. The zero-order valence-corrected chi connectivity index (χ0v) is 11.2. The topological polar surface area (TPSA) is 24.8 Å². The molecule has 2 aliphatic rings. The third-order valence-electron chi connectivity index (χ3n) is 4.02. The number of fused-ring (bicyclic) bond motifs is 2. The zero-order chi connectivity index (χ0) is 12.5. The summed E-state index contributed by atoms with van der Waals surface area (Å²) >= 11 is 5.96. The van der Waals surface area contributed by atoms with E-state index in [1.807, 2.05) is 12.1 Å². The maximum absolute atomic E-state index is 5.96. The molecule has 3 rings (SSSR count). The smallest absolute Gasteiger partial charge is 0.106 e. The molecule has 0 aliphatic carbocycles. The first-order chi connectivity index (χ1) is 8.78. The van der Waals surface area contributed by atoms with Gasteiger partial charge in [-0.25, -0.2) is 0 Å². The molecule has 0 amide bonds. The lowest BCUT2D eigenvalue weighted by atomic mass is 9.81. The molecule has 2 saturated heterocycles. The van der Waals surface area contributed by atoms with Crippen molar-refractivity contribution in [3.63, 3.8) is 0 Å². The number of hydrogen-bond acceptors (Lipinski definition) is 3. The molecule has 1 aromatic carbocycles. The Bertz CT molecular complexity index is 457. The molecule has 18 heavy (non-hydrogen) atoms. The van der Waals surface area contributed by atoms with Gasteiger partial charge in [-0.3, -0.25) is 4.90 Å². The summed E-state index contributed by atoms with van der Waals surface area (Å²) in [4.78, 5) is 7.43. The molecule has 2 heterocycles. The van der Waals surface area contributed by atoms with E-state index in [1.165, 1.54) is 17.7 Å². The monoisotopic (exact) mass is 264 g/mol. The highest BCUT2D eigenvalue weighted by atomic mass is 35.5. The molecule has 3 nitrogen and oxygen atoms in total. The van der Waals surface area contributed by atoms with Gasteiger partial charge in [0.1, 0.15) is 7.11 Å². The van der Waals surface area contributed by atoms with Gasteiger partial charge in [0.15, 0.2) is 0 Å². The van der Waals surface area contributed by atoms with Crippen LogP contribution in [-0.2, 0) is 4.84 Å². The minimum atomic E-state index is 0.500. The van der Waals surface area contributed by atoms with E-state index < -0.39 is 0 Å². The normalized spacial score (nSPS) is 32.8. The van der Waals surface area contributed by atoms with Crippen LogP contribution in [0, 0.1) is 5.92 Å². The van der Waals surface area contributed by atoms with E-state index in [-0.39, 0.29) is 0 Å². The molecular weight excluding hydrogens is 248 g/mol. The fourth-order valence-electron chi connectivity index (χ4n) is 3.17. The van der Waals surface area contributed by atoms with Crippen LogP contribution in [0.1, 0.15) is 17.9 Å². The summed E-state index contributed by atoms with van der Waals surface area (Å²) in [5.74, 6) is 1.05. The van der Waals surface area contributed by atoms with Gasteiger partial charge in [0.25, 0.3) is 0 Å². The Morgan fingerprint density at radius 3 is 2.78 bits per heavy atom. The second kappa shape index (κ2) is 4.90. The van der Waals surface area contributed by atoms with Gasteiger partial charge in [0.2, 0.25) is 0 Å². The van der Waals surface area contributed by atoms with Crippen LogP contribution in [0.15, 0.2) is 29.4 Å². The van der Waals surface area contributed by atoms with Crippen molar-refractivity contribution in [1.82, 2.24) is 4.90 Å².